The molecule has 0 spiro atoms. The van der Waals surface area contributed by atoms with Crippen LogP contribution in [0.5, 0.6) is 11.5 Å². The maximum atomic E-state index is 11.8. The molecule has 0 atom stereocenters. The number of nitro benzene ring substituents is 1. The minimum atomic E-state index is -1.26. The minimum absolute atomic E-state index is 0.0504. The molecule has 9 nitrogen and oxygen atoms in total. The Balaban J connectivity index is 3.40. The summed E-state index contributed by atoms with van der Waals surface area (Å²) >= 11 is 0. The summed E-state index contributed by atoms with van der Waals surface area (Å²) in [4.78, 5) is 32.7. The highest BCUT2D eigenvalue weighted by atomic mass is 16.6. The van der Waals surface area contributed by atoms with E-state index in [0.717, 1.165) is 12.1 Å². The fraction of sp³-hybridized carbons (Fsp3) is 0.286. The maximum Gasteiger partial charge on any atom is 0.334 e. The molecule has 1 aromatic rings. The van der Waals surface area contributed by atoms with Crippen molar-refractivity contribution in [1.29, 1.82) is 0 Å². The average Bonchev–Trinajstić information content (AvgIpc) is 2.47. The number of carbonyl (C=O) groups excluding carboxylic acids is 1. The fourth-order valence-electron chi connectivity index (χ4n) is 1.76. The van der Waals surface area contributed by atoms with Crippen LogP contribution in [-0.2, 0) is 14.3 Å². The van der Waals surface area contributed by atoms with E-state index in [9.17, 15) is 24.8 Å². The van der Waals surface area contributed by atoms with Crippen molar-refractivity contribution in [2.45, 2.75) is 13.3 Å². The molecule has 0 aliphatic heterocycles. The Labute approximate surface area is 130 Å². The molecule has 0 unspecified atom stereocenters. The first kappa shape index (κ1) is 18.0. The Morgan fingerprint density at radius 3 is 2.52 bits per heavy atom. The molecule has 9 heteroatoms. The van der Waals surface area contributed by atoms with Gasteiger partial charge in [-0.05, 0) is 24.6 Å². The van der Waals surface area contributed by atoms with Crippen molar-refractivity contribution in [2.24, 2.45) is 0 Å². The first-order valence-electron chi connectivity index (χ1n) is 6.45. The van der Waals surface area contributed by atoms with Gasteiger partial charge in [0.2, 0.25) is 5.75 Å². The summed E-state index contributed by atoms with van der Waals surface area (Å²) < 4.78 is 9.58. The van der Waals surface area contributed by atoms with Crippen LogP contribution in [0.15, 0.2) is 17.7 Å². The van der Waals surface area contributed by atoms with Gasteiger partial charge in [0.15, 0.2) is 5.75 Å². The van der Waals surface area contributed by atoms with E-state index in [1.54, 1.807) is 6.92 Å². The number of methoxy groups -OCH3 is 1. The van der Waals surface area contributed by atoms with Gasteiger partial charge in [0, 0.05) is 11.6 Å². The second-order valence-corrected chi connectivity index (χ2v) is 4.31. The van der Waals surface area contributed by atoms with E-state index >= 15 is 0 Å². The molecule has 0 amide bonds. The lowest BCUT2D eigenvalue weighted by atomic mass is 10.1. The number of ether oxygens (including phenoxy) is 2. The first-order chi connectivity index (χ1) is 10.8. The number of carboxylic acids is 1. The molecule has 1 aromatic carbocycles. The molecule has 0 radical (unpaired) electrons. The Hall–Kier alpha value is -3.10. The molecule has 0 saturated heterocycles. The van der Waals surface area contributed by atoms with E-state index in [1.165, 1.54) is 13.2 Å². The lowest BCUT2D eigenvalue weighted by molar-refractivity contribution is -0.386. The number of benzene rings is 1. The predicted octanol–water partition coefficient (Wildman–Crippen LogP) is 1.73. The quantitative estimate of drug-likeness (QED) is 0.335. The number of aromatic hydroxyl groups is 1. The number of hydrogen-bond acceptors (Lipinski definition) is 7. The maximum absolute atomic E-state index is 11.8. The third kappa shape index (κ3) is 4.70. The number of phenols is 1. The Morgan fingerprint density at radius 2 is 2.04 bits per heavy atom. The van der Waals surface area contributed by atoms with Gasteiger partial charge in [-0.1, -0.05) is 0 Å². The molecule has 23 heavy (non-hydrogen) atoms. The molecule has 0 saturated carbocycles. The number of carbonyl (C=O) groups is 2. The van der Waals surface area contributed by atoms with Gasteiger partial charge < -0.3 is 19.7 Å². The third-order valence-corrected chi connectivity index (χ3v) is 2.71. The van der Waals surface area contributed by atoms with Crippen molar-refractivity contribution in [3.05, 3.63) is 33.4 Å². The van der Waals surface area contributed by atoms with Gasteiger partial charge in [-0.25, -0.2) is 4.79 Å². The van der Waals surface area contributed by atoms with Crippen molar-refractivity contribution in [1.82, 2.24) is 0 Å². The summed E-state index contributed by atoms with van der Waals surface area (Å²) in [5, 5.41) is 29.5. The first-order valence-corrected chi connectivity index (χ1v) is 6.45. The monoisotopic (exact) mass is 325 g/mol. The van der Waals surface area contributed by atoms with E-state index in [4.69, 9.17) is 14.6 Å². The summed E-state index contributed by atoms with van der Waals surface area (Å²) in [7, 11) is 1.20. The van der Waals surface area contributed by atoms with Gasteiger partial charge >= 0.3 is 17.6 Å². The molecule has 1 rings (SSSR count). The SMILES string of the molecule is CCOC(=O)/C(=C/c1cc(OC)c(O)c([N+](=O)[O-])c1)CC(=O)O. The van der Waals surface area contributed by atoms with Crippen molar-refractivity contribution >= 4 is 23.7 Å². The molecule has 0 aromatic heterocycles. The highest BCUT2D eigenvalue weighted by Crippen LogP contribution is 2.37. The number of carboxylic acid groups (broad SMARTS) is 1. The van der Waals surface area contributed by atoms with Gasteiger partial charge in [-0.3, -0.25) is 14.9 Å². The number of hydrogen-bond donors (Lipinski definition) is 2. The number of esters is 1. The Morgan fingerprint density at radius 1 is 1.39 bits per heavy atom. The molecule has 124 valence electrons. The van der Waals surface area contributed by atoms with Gasteiger partial charge in [0.25, 0.3) is 0 Å². The van der Waals surface area contributed by atoms with Crippen molar-refractivity contribution in [2.75, 3.05) is 13.7 Å². The molecular weight excluding hydrogens is 310 g/mol. The summed E-state index contributed by atoms with van der Waals surface area (Å²) in [6.07, 6.45) is 0.525. The molecular formula is C14H15NO8. The molecule has 2 N–H and O–H groups in total. The van der Waals surface area contributed by atoms with Crippen LogP contribution in [0.4, 0.5) is 5.69 Å². The van der Waals surface area contributed by atoms with E-state index < -0.39 is 34.7 Å². The van der Waals surface area contributed by atoms with Crippen molar-refractivity contribution in [3.8, 4) is 11.5 Å². The van der Waals surface area contributed by atoms with Crippen LogP contribution >= 0.6 is 0 Å². The topological polar surface area (TPSA) is 136 Å². The van der Waals surface area contributed by atoms with Crippen LogP contribution in [0, 0.1) is 10.1 Å². The minimum Gasteiger partial charge on any atom is -0.500 e. The lowest BCUT2D eigenvalue weighted by Gasteiger charge is -2.07. The normalized spacial score (nSPS) is 11.0. The van der Waals surface area contributed by atoms with E-state index in [0.29, 0.717) is 0 Å². The summed E-state index contributed by atoms with van der Waals surface area (Å²) in [6, 6.07) is 2.24. The number of nitrogens with zero attached hydrogens (tertiary/aromatic N) is 1. The Kier molecular flexibility index (Phi) is 6.07. The third-order valence-electron chi connectivity index (χ3n) is 2.71. The lowest BCUT2D eigenvalue weighted by Crippen LogP contribution is -2.11. The largest absolute Gasteiger partial charge is 0.500 e. The molecule has 0 bridgehead atoms. The standard InChI is InChI=1S/C14H15NO8/c1-3-23-14(19)9(7-12(16)17)4-8-5-10(15(20)21)13(18)11(6-8)22-2/h4-6,18H,3,7H2,1-2H3,(H,16,17)/b9-4+. The molecule has 0 heterocycles. The van der Waals surface area contributed by atoms with Gasteiger partial charge in [0.05, 0.1) is 25.1 Å². The molecule has 0 aliphatic rings. The van der Waals surface area contributed by atoms with Gasteiger partial charge in [-0.15, -0.1) is 0 Å². The summed E-state index contributed by atoms with van der Waals surface area (Å²) in [6.45, 7) is 1.61. The van der Waals surface area contributed by atoms with Crippen LogP contribution in [0.25, 0.3) is 6.08 Å². The van der Waals surface area contributed by atoms with Gasteiger partial charge in [-0.2, -0.15) is 0 Å². The number of nitro groups is 1. The van der Waals surface area contributed by atoms with Crippen LogP contribution in [0.1, 0.15) is 18.9 Å². The van der Waals surface area contributed by atoms with Gasteiger partial charge in [0.1, 0.15) is 0 Å². The highest BCUT2D eigenvalue weighted by Gasteiger charge is 2.21. The van der Waals surface area contributed by atoms with Crippen molar-refractivity contribution in [3.63, 3.8) is 0 Å². The number of rotatable bonds is 7. The van der Waals surface area contributed by atoms with Crippen LogP contribution < -0.4 is 4.74 Å². The smallest absolute Gasteiger partial charge is 0.334 e. The molecule has 0 aliphatic carbocycles. The number of aliphatic carboxylic acids is 1. The van der Waals surface area contributed by atoms with Crippen LogP contribution in [-0.4, -0.2) is 40.8 Å². The van der Waals surface area contributed by atoms with Crippen molar-refractivity contribution < 1.29 is 34.2 Å². The zero-order valence-electron chi connectivity index (χ0n) is 12.4. The second-order valence-electron chi connectivity index (χ2n) is 4.31. The highest BCUT2D eigenvalue weighted by molar-refractivity contribution is 5.98. The Bertz CT molecular complexity index is 665. The average molecular weight is 325 g/mol. The predicted molar refractivity (Wildman–Crippen MR) is 78.2 cm³/mol. The van der Waals surface area contributed by atoms with Crippen LogP contribution in [0.3, 0.4) is 0 Å². The second kappa shape index (κ2) is 7.78. The van der Waals surface area contributed by atoms with E-state index in [2.05, 4.69) is 0 Å². The van der Waals surface area contributed by atoms with Crippen LogP contribution in [0.2, 0.25) is 0 Å². The fourth-order valence-corrected chi connectivity index (χ4v) is 1.76. The van der Waals surface area contributed by atoms with E-state index in [1.807, 2.05) is 0 Å². The summed E-state index contributed by atoms with van der Waals surface area (Å²) in [5.74, 6) is -2.94. The van der Waals surface area contributed by atoms with E-state index in [-0.39, 0.29) is 23.5 Å². The zero-order valence-corrected chi connectivity index (χ0v) is 12.4. The summed E-state index contributed by atoms with van der Waals surface area (Å²) in [5.41, 5.74) is -0.703. The zero-order chi connectivity index (χ0) is 17.6. The number of phenolic OH excluding ortho intramolecular Hbond substituents is 1. The molecule has 0 fully saturated rings.